The first-order valence-corrected chi connectivity index (χ1v) is 4.79. The summed E-state index contributed by atoms with van der Waals surface area (Å²) in [6, 6.07) is 0. The number of carbonyl (C=O) groups excluding carboxylic acids is 1. The molecule has 0 aliphatic heterocycles. The number of hydrogen-bond acceptors (Lipinski definition) is 2. The van der Waals surface area contributed by atoms with Gasteiger partial charge in [0.2, 0.25) is 5.91 Å². The van der Waals surface area contributed by atoms with Crippen molar-refractivity contribution in [3.05, 3.63) is 0 Å². The van der Waals surface area contributed by atoms with E-state index in [1.165, 1.54) is 12.8 Å². The summed E-state index contributed by atoms with van der Waals surface area (Å²) in [5.74, 6) is 1.06. The molecule has 0 aromatic heterocycles. The summed E-state index contributed by atoms with van der Waals surface area (Å²) in [6.07, 6.45) is 5.27. The van der Waals surface area contributed by atoms with E-state index in [-0.39, 0.29) is 5.91 Å². The van der Waals surface area contributed by atoms with E-state index < -0.39 is 0 Å². The van der Waals surface area contributed by atoms with E-state index in [1.54, 1.807) is 0 Å². The van der Waals surface area contributed by atoms with E-state index in [1.807, 2.05) is 0 Å². The van der Waals surface area contributed by atoms with Gasteiger partial charge in [0, 0.05) is 13.0 Å². The van der Waals surface area contributed by atoms with Gasteiger partial charge in [-0.1, -0.05) is 12.8 Å². The van der Waals surface area contributed by atoms with Crippen molar-refractivity contribution < 1.29 is 4.79 Å². The van der Waals surface area contributed by atoms with Crippen molar-refractivity contribution >= 4 is 5.91 Å². The molecule has 1 fully saturated rings. The normalized spacial score (nSPS) is 16.1. The Bertz CT molecular complexity index is 143. The minimum absolute atomic E-state index is 0.154. The van der Waals surface area contributed by atoms with Crippen LogP contribution in [0, 0.1) is 5.92 Å². The van der Waals surface area contributed by atoms with E-state index in [0.717, 1.165) is 25.3 Å². The van der Waals surface area contributed by atoms with Gasteiger partial charge in [0.25, 0.3) is 0 Å². The van der Waals surface area contributed by atoms with Gasteiger partial charge in [-0.15, -0.1) is 0 Å². The van der Waals surface area contributed by atoms with Gasteiger partial charge < -0.3 is 11.1 Å². The summed E-state index contributed by atoms with van der Waals surface area (Å²) in [6.45, 7) is 1.46. The Hall–Kier alpha value is -0.570. The second-order valence-corrected chi connectivity index (χ2v) is 3.47. The maximum atomic E-state index is 11.0. The molecule has 3 heteroatoms. The zero-order valence-corrected chi connectivity index (χ0v) is 7.51. The Morgan fingerprint density at radius 2 is 2.25 bits per heavy atom. The summed E-state index contributed by atoms with van der Waals surface area (Å²) in [5, 5.41) is 2.89. The van der Waals surface area contributed by atoms with Crippen LogP contribution < -0.4 is 11.1 Å². The highest BCUT2D eigenvalue weighted by molar-refractivity contribution is 5.75. The summed E-state index contributed by atoms with van der Waals surface area (Å²) < 4.78 is 0. The maximum Gasteiger partial charge on any atom is 0.220 e. The predicted molar refractivity (Wildman–Crippen MR) is 48.6 cm³/mol. The number of amides is 1. The second kappa shape index (κ2) is 5.14. The van der Waals surface area contributed by atoms with Gasteiger partial charge in [-0.05, 0) is 25.3 Å². The molecule has 0 unspecified atom stereocenters. The molecule has 0 aromatic rings. The molecular weight excluding hydrogens is 152 g/mol. The van der Waals surface area contributed by atoms with E-state index >= 15 is 0 Å². The van der Waals surface area contributed by atoms with Crippen LogP contribution in [0.15, 0.2) is 0 Å². The summed E-state index contributed by atoms with van der Waals surface area (Å²) in [4.78, 5) is 11.0. The molecule has 0 spiro atoms. The van der Waals surface area contributed by atoms with Gasteiger partial charge in [0.1, 0.15) is 0 Å². The molecule has 0 saturated heterocycles. The summed E-state index contributed by atoms with van der Waals surface area (Å²) in [5.41, 5.74) is 5.28. The minimum Gasteiger partial charge on any atom is -0.356 e. The van der Waals surface area contributed by atoms with E-state index in [9.17, 15) is 4.79 Å². The standard InChI is InChI=1S/C9H18N2O/c10-6-1-2-9(12)11-7-5-8-3-4-8/h8H,1-7,10H2,(H,11,12). The van der Waals surface area contributed by atoms with E-state index in [2.05, 4.69) is 5.32 Å². The van der Waals surface area contributed by atoms with Crippen molar-refractivity contribution in [1.82, 2.24) is 5.32 Å². The minimum atomic E-state index is 0.154. The third kappa shape index (κ3) is 4.34. The topological polar surface area (TPSA) is 55.1 Å². The Labute approximate surface area is 73.7 Å². The Morgan fingerprint density at radius 1 is 1.50 bits per heavy atom. The van der Waals surface area contributed by atoms with Gasteiger partial charge in [-0.3, -0.25) is 4.79 Å². The zero-order chi connectivity index (χ0) is 8.81. The van der Waals surface area contributed by atoms with Crippen LogP contribution in [0.1, 0.15) is 32.1 Å². The first kappa shape index (κ1) is 9.52. The molecular formula is C9H18N2O. The van der Waals surface area contributed by atoms with Gasteiger partial charge >= 0.3 is 0 Å². The van der Waals surface area contributed by atoms with Crippen molar-refractivity contribution in [2.45, 2.75) is 32.1 Å². The number of rotatable bonds is 6. The highest BCUT2D eigenvalue weighted by Crippen LogP contribution is 2.31. The zero-order valence-electron chi connectivity index (χ0n) is 7.51. The first-order chi connectivity index (χ1) is 5.83. The number of hydrogen-bond donors (Lipinski definition) is 2. The van der Waals surface area contributed by atoms with Crippen LogP contribution in [0.25, 0.3) is 0 Å². The molecule has 0 heterocycles. The van der Waals surface area contributed by atoms with Crippen molar-refractivity contribution in [3.8, 4) is 0 Å². The van der Waals surface area contributed by atoms with Crippen LogP contribution in [-0.2, 0) is 4.79 Å². The van der Waals surface area contributed by atoms with E-state index in [0.29, 0.717) is 13.0 Å². The fourth-order valence-corrected chi connectivity index (χ4v) is 1.17. The largest absolute Gasteiger partial charge is 0.356 e. The predicted octanol–water partition coefficient (Wildman–Crippen LogP) is 0.642. The van der Waals surface area contributed by atoms with Crippen molar-refractivity contribution in [3.63, 3.8) is 0 Å². The molecule has 0 aromatic carbocycles. The molecule has 70 valence electrons. The summed E-state index contributed by atoms with van der Waals surface area (Å²) in [7, 11) is 0. The smallest absolute Gasteiger partial charge is 0.220 e. The molecule has 12 heavy (non-hydrogen) atoms. The van der Waals surface area contributed by atoms with Crippen LogP contribution in [0.2, 0.25) is 0 Å². The molecule has 3 N–H and O–H groups in total. The average Bonchev–Trinajstić information content (AvgIpc) is 2.84. The summed E-state index contributed by atoms with van der Waals surface area (Å²) >= 11 is 0. The quantitative estimate of drug-likeness (QED) is 0.614. The molecule has 1 amide bonds. The highest BCUT2D eigenvalue weighted by Gasteiger charge is 2.20. The fraction of sp³-hybridized carbons (Fsp3) is 0.889. The van der Waals surface area contributed by atoms with Crippen LogP contribution in [0.4, 0.5) is 0 Å². The first-order valence-electron chi connectivity index (χ1n) is 4.79. The molecule has 3 nitrogen and oxygen atoms in total. The Morgan fingerprint density at radius 3 is 2.83 bits per heavy atom. The van der Waals surface area contributed by atoms with Crippen LogP contribution in [-0.4, -0.2) is 19.0 Å². The second-order valence-electron chi connectivity index (χ2n) is 3.47. The number of carbonyl (C=O) groups is 1. The molecule has 1 aliphatic rings. The lowest BCUT2D eigenvalue weighted by molar-refractivity contribution is -0.121. The molecule has 0 bridgehead atoms. The third-order valence-corrected chi connectivity index (χ3v) is 2.18. The van der Waals surface area contributed by atoms with Gasteiger partial charge in [0.15, 0.2) is 0 Å². The van der Waals surface area contributed by atoms with E-state index in [4.69, 9.17) is 5.73 Å². The molecule has 1 rings (SSSR count). The Kier molecular flexibility index (Phi) is 4.08. The van der Waals surface area contributed by atoms with Crippen molar-refractivity contribution in [1.29, 1.82) is 0 Å². The lowest BCUT2D eigenvalue weighted by Gasteiger charge is -2.02. The highest BCUT2D eigenvalue weighted by atomic mass is 16.1. The monoisotopic (exact) mass is 170 g/mol. The molecule has 0 atom stereocenters. The lowest BCUT2D eigenvalue weighted by atomic mass is 10.2. The van der Waals surface area contributed by atoms with Crippen molar-refractivity contribution in [2.24, 2.45) is 11.7 Å². The van der Waals surface area contributed by atoms with Gasteiger partial charge in [-0.25, -0.2) is 0 Å². The fourth-order valence-electron chi connectivity index (χ4n) is 1.17. The molecule has 1 aliphatic carbocycles. The lowest BCUT2D eigenvalue weighted by Crippen LogP contribution is -2.25. The average molecular weight is 170 g/mol. The van der Waals surface area contributed by atoms with Crippen molar-refractivity contribution in [2.75, 3.05) is 13.1 Å². The number of nitrogens with two attached hydrogens (primary N) is 1. The van der Waals surface area contributed by atoms with Gasteiger partial charge in [0.05, 0.1) is 0 Å². The SMILES string of the molecule is NCCCC(=O)NCCC1CC1. The molecule has 1 saturated carbocycles. The maximum absolute atomic E-state index is 11.0. The van der Waals surface area contributed by atoms with Gasteiger partial charge in [-0.2, -0.15) is 0 Å². The molecule has 0 radical (unpaired) electrons. The van der Waals surface area contributed by atoms with Crippen LogP contribution >= 0.6 is 0 Å². The third-order valence-electron chi connectivity index (χ3n) is 2.18. The van der Waals surface area contributed by atoms with Crippen LogP contribution in [0.5, 0.6) is 0 Å². The Balaban J connectivity index is 1.86. The number of nitrogens with one attached hydrogen (secondary N) is 1. The van der Waals surface area contributed by atoms with Crippen LogP contribution in [0.3, 0.4) is 0 Å².